The van der Waals surface area contributed by atoms with Crippen LogP contribution in [-0.4, -0.2) is 34.4 Å². The number of aromatic nitrogens is 2. The van der Waals surface area contributed by atoms with Crippen molar-refractivity contribution in [1.29, 1.82) is 0 Å². The van der Waals surface area contributed by atoms with E-state index in [9.17, 15) is 10.2 Å². The summed E-state index contributed by atoms with van der Waals surface area (Å²) in [6.45, 7) is 0. The number of halogens is 3. The molecule has 0 spiro atoms. The molecular formula is C24H20Cl3MnN2O4. The zero-order valence-electron chi connectivity index (χ0n) is 18.0. The van der Waals surface area contributed by atoms with E-state index in [-0.39, 0.29) is 65.8 Å². The summed E-state index contributed by atoms with van der Waals surface area (Å²) in [4.78, 5) is 8.97. The minimum atomic E-state index is 0. The van der Waals surface area contributed by atoms with Gasteiger partial charge >= 0.3 is 17.1 Å². The standard InChI is InChI=1S/C24H20N2O4.3ClH.Mn/c1-29-17-8-11-22(27)19(12-17)16-7-10-21(26-14-16)20-9-6-15(13-25-20)18-4-3-5-23(30-2)24(18)28;;;;/h3-14,27-28H,1-2H3;3*1H;/q;;;;+3/p-3. The van der Waals surface area contributed by atoms with Crippen LogP contribution in [0, 0.1) is 0 Å². The van der Waals surface area contributed by atoms with E-state index in [2.05, 4.69) is 9.97 Å². The molecule has 0 aliphatic heterocycles. The fraction of sp³-hybridized carbons (Fsp3) is 0.0833. The third-order valence-electron chi connectivity index (χ3n) is 4.83. The van der Waals surface area contributed by atoms with Gasteiger partial charge in [-0.25, -0.2) is 0 Å². The van der Waals surface area contributed by atoms with Crippen molar-refractivity contribution in [2.75, 3.05) is 14.2 Å². The Morgan fingerprint density at radius 3 is 1.76 bits per heavy atom. The molecule has 0 amide bonds. The third kappa shape index (κ3) is 6.47. The van der Waals surface area contributed by atoms with Gasteiger partial charge in [0.05, 0.1) is 25.6 Å². The zero-order chi connectivity index (χ0) is 21.1. The first kappa shape index (κ1) is 31.3. The zero-order valence-corrected chi connectivity index (χ0v) is 21.5. The maximum atomic E-state index is 10.3. The van der Waals surface area contributed by atoms with Crippen molar-refractivity contribution in [3.63, 3.8) is 0 Å². The topological polar surface area (TPSA) is 84.7 Å². The second-order valence-electron chi connectivity index (χ2n) is 6.60. The molecule has 4 rings (SSSR count). The molecule has 0 atom stereocenters. The van der Waals surface area contributed by atoms with Gasteiger partial charge in [-0.05, 0) is 36.4 Å². The van der Waals surface area contributed by atoms with Crippen LogP contribution < -0.4 is 46.7 Å². The van der Waals surface area contributed by atoms with Crippen LogP contribution in [0.3, 0.4) is 0 Å². The van der Waals surface area contributed by atoms with Gasteiger partial charge in [-0.1, -0.05) is 24.3 Å². The molecule has 34 heavy (non-hydrogen) atoms. The fourth-order valence-corrected chi connectivity index (χ4v) is 3.20. The number of rotatable bonds is 5. The molecule has 0 aliphatic rings. The number of para-hydroxylation sites is 1. The average Bonchev–Trinajstić information content (AvgIpc) is 2.80. The Balaban J connectivity index is 0.00000272. The van der Waals surface area contributed by atoms with Crippen molar-refractivity contribution in [1.82, 2.24) is 9.97 Å². The summed E-state index contributed by atoms with van der Waals surface area (Å²) in [5.74, 6) is 1.31. The normalized spacial score (nSPS) is 9.35. The summed E-state index contributed by atoms with van der Waals surface area (Å²) < 4.78 is 10.4. The van der Waals surface area contributed by atoms with Gasteiger partial charge in [-0.3, -0.25) is 9.97 Å². The summed E-state index contributed by atoms with van der Waals surface area (Å²) in [7, 11) is 3.10. The van der Waals surface area contributed by atoms with Gasteiger partial charge in [0.25, 0.3) is 0 Å². The molecule has 6 nitrogen and oxygen atoms in total. The summed E-state index contributed by atoms with van der Waals surface area (Å²) in [5.41, 5.74) is 4.22. The van der Waals surface area contributed by atoms with Crippen molar-refractivity contribution in [2.24, 2.45) is 0 Å². The van der Waals surface area contributed by atoms with Gasteiger partial charge in [-0.15, -0.1) is 0 Å². The van der Waals surface area contributed by atoms with E-state index in [0.29, 0.717) is 34.0 Å². The van der Waals surface area contributed by atoms with Gasteiger partial charge in [-0.2, -0.15) is 0 Å². The van der Waals surface area contributed by atoms with Crippen LogP contribution in [0.4, 0.5) is 0 Å². The number of methoxy groups -OCH3 is 2. The maximum Gasteiger partial charge on any atom is 3.00 e. The van der Waals surface area contributed by atoms with E-state index >= 15 is 0 Å². The van der Waals surface area contributed by atoms with Crippen LogP contribution in [0.1, 0.15) is 0 Å². The number of ether oxygens (including phenoxy) is 2. The Morgan fingerprint density at radius 1 is 0.676 bits per heavy atom. The molecule has 0 bridgehead atoms. The number of aromatic hydroxyl groups is 2. The molecule has 2 N–H and O–H groups in total. The van der Waals surface area contributed by atoms with Gasteiger partial charge in [0, 0.05) is 34.6 Å². The predicted molar refractivity (Wildman–Crippen MR) is 115 cm³/mol. The number of hydrogen-bond donors (Lipinski definition) is 2. The van der Waals surface area contributed by atoms with Gasteiger partial charge in [0.1, 0.15) is 11.5 Å². The number of phenols is 2. The van der Waals surface area contributed by atoms with Crippen molar-refractivity contribution < 1.29 is 74.0 Å². The van der Waals surface area contributed by atoms with E-state index in [1.807, 2.05) is 36.4 Å². The largest absolute Gasteiger partial charge is 3.00 e. The molecular weight excluding hydrogens is 542 g/mol. The Kier molecular flexibility index (Phi) is 12.8. The van der Waals surface area contributed by atoms with Crippen LogP contribution in [-0.2, 0) is 17.1 Å². The molecule has 178 valence electrons. The van der Waals surface area contributed by atoms with Crippen LogP contribution in [0.15, 0.2) is 73.1 Å². The Morgan fingerprint density at radius 2 is 1.26 bits per heavy atom. The predicted octanol–water partition coefficient (Wildman–Crippen LogP) is -4.08. The minimum absolute atomic E-state index is 0. The van der Waals surface area contributed by atoms with Crippen LogP contribution in [0.25, 0.3) is 33.6 Å². The van der Waals surface area contributed by atoms with Gasteiger partial charge < -0.3 is 56.9 Å². The van der Waals surface area contributed by atoms with E-state index in [1.54, 1.807) is 43.8 Å². The second kappa shape index (κ2) is 13.9. The molecule has 0 saturated carbocycles. The molecule has 4 aromatic rings. The number of pyridine rings is 2. The summed E-state index contributed by atoms with van der Waals surface area (Å²) in [6.07, 6.45) is 3.38. The van der Waals surface area contributed by atoms with Crippen molar-refractivity contribution >= 4 is 0 Å². The summed E-state index contributed by atoms with van der Waals surface area (Å²) >= 11 is 0. The molecule has 10 heteroatoms. The maximum absolute atomic E-state index is 10.3. The molecule has 0 fully saturated rings. The van der Waals surface area contributed by atoms with Crippen LogP contribution in [0.2, 0.25) is 0 Å². The summed E-state index contributed by atoms with van der Waals surface area (Å²) in [6, 6.07) is 17.8. The molecule has 2 aromatic heterocycles. The van der Waals surface area contributed by atoms with E-state index in [1.165, 1.54) is 7.11 Å². The van der Waals surface area contributed by atoms with E-state index in [0.717, 1.165) is 11.1 Å². The molecule has 0 aliphatic carbocycles. The quantitative estimate of drug-likeness (QED) is 0.241. The SMILES string of the molecule is COc1ccc(O)c(-c2ccc(-c3ccc(-c4cccc(OC)c4O)cn3)nc2)c1.[Cl-].[Cl-].[Cl-].[Mn+3]. The number of nitrogens with zero attached hydrogens (tertiary/aromatic N) is 2. The van der Waals surface area contributed by atoms with Crippen molar-refractivity contribution in [2.45, 2.75) is 0 Å². The number of hydrogen-bond acceptors (Lipinski definition) is 6. The monoisotopic (exact) mass is 560 g/mol. The smallest absolute Gasteiger partial charge is 1.00 e. The Bertz CT molecular complexity index is 1150. The first-order valence-electron chi connectivity index (χ1n) is 9.27. The van der Waals surface area contributed by atoms with E-state index in [4.69, 9.17) is 9.47 Å². The van der Waals surface area contributed by atoms with Crippen LogP contribution >= 0.6 is 0 Å². The van der Waals surface area contributed by atoms with Gasteiger partial charge in [0.2, 0.25) is 0 Å². The average molecular weight is 562 g/mol. The molecule has 0 saturated heterocycles. The third-order valence-corrected chi connectivity index (χ3v) is 4.83. The Hall–Kier alpha value is -2.67. The molecule has 2 aromatic carbocycles. The molecule has 0 radical (unpaired) electrons. The summed E-state index contributed by atoms with van der Waals surface area (Å²) in [5, 5.41) is 20.5. The first-order valence-corrected chi connectivity index (χ1v) is 9.27. The van der Waals surface area contributed by atoms with Gasteiger partial charge in [0.15, 0.2) is 11.5 Å². The Labute approximate surface area is 227 Å². The van der Waals surface area contributed by atoms with Crippen LogP contribution in [0.5, 0.6) is 23.0 Å². The van der Waals surface area contributed by atoms with E-state index < -0.39 is 0 Å². The molecule has 2 heterocycles. The molecule has 0 unspecified atom stereocenters. The van der Waals surface area contributed by atoms with Crippen molar-refractivity contribution in [3.05, 3.63) is 73.1 Å². The van der Waals surface area contributed by atoms with Crippen molar-refractivity contribution in [3.8, 4) is 56.6 Å². The number of benzene rings is 2. The minimum Gasteiger partial charge on any atom is -1.00 e. The fourth-order valence-electron chi connectivity index (χ4n) is 3.20. The second-order valence-corrected chi connectivity index (χ2v) is 6.60. The first-order chi connectivity index (χ1) is 14.6. The number of phenolic OH excluding ortho intramolecular Hbond substituents is 2.